The number of benzene rings is 2. The first-order valence-electron chi connectivity index (χ1n) is 6.15. The number of hydrogen-bond donors (Lipinski definition) is 1. The summed E-state index contributed by atoms with van der Waals surface area (Å²) in [6.07, 6.45) is 0. The molecule has 0 heterocycles. The van der Waals surface area contributed by atoms with Gasteiger partial charge in [0.05, 0.1) is 0 Å². The van der Waals surface area contributed by atoms with E-state index in [1.54, 1.807) is 24.3 Å². The van der Waals surface area contributed by atoms with Gasteiger partial charge in [-0.05, 0) is 29.8 Å². The molecule has 0 aliphatic heterocycles. The minimum absolute atomic E-state index is 0.271. The van der Waals surface area contributed by atoms with Crippen LogP contribution in [0.15, 0.2) is 36.4 Å². The molecule has 3 nitrogen and oxygen atoms in total. The summed E-state index contributed by atoms with van der Waals surface area (Å²) in [4.78, 5) is 13.4. The van der Waals surface area contributed by atoms with Crippen LogP contribution >= 0.6 is 0 Å². The number of halogens is 3. The van der Waals surface area contributed by atoms with Gasteiger partial charge in [-0.15, -0.1) is 0 Å². The van der Waals surface area contributed by atoms with Gasteiger partial charge in [0.2, 0.25) is 0 Å². The van der Waals surface area contributed by atoms with Crippen molar-refractivity contribution in [3.8, 4) is 0 Å². The third-order valence-corrected chi connectivity index (χ3v) is 3.07. The maximum Gasteiger partial charge on any atom is 0.258 e. The van der Waals surface area contributed by atoms with E-state index >= 15 is 0 Å². The van der Waals surface area contributed by atoms with Crippen molar-refractivity contribution in [2.75, 3.05) is 11.9 Å². The number of anilines is 1. The van der Waals surface area contributed by atoms with Gasteiger partial charge in [-0.2, -0.15) is 0 Å². The number of carbonyl (C=O) groups excluding carboxylic acids is 1. The molecule has 2 aromatic carbocycles. The molecule has 2 aromatic rings. The summed E-state index contributed by atoms with van der Waals surface area (Å²) in [5.41, 5.74) is 6.58. The topological polar surface area (TPSA) is 46.3 Å². The first-order chi connectivity index (χ1) is 9.93. The molecule has 0 atom stereocenters. The molecule has 110 valence electrons. The summed E-state index contributed by atoms with van der Waals surface area (Å²) >= 11 is 0. The second-order valence-corrected chi connectivity index (χ2v) is 4.49. The molecule has 6 heteroatoms. The predicted molar refractivity (Wildman–Crippen MR) is 73.4 cm³/mol. The van der Waals surface area contributed by atoms with Crippen molar-refractivity contribution in [3.63, 3.8) is 0 Å². The fourth-order valence-corrected chi connectivity index (χ4v) is 1.88. The molecule has 0 bridgehead atoms. The molecule has 0 radical (unpaired) electrons. The third-order valence-electron chi connectivity index (χ3n) is 3.07. The van der Waals surface area contributed by atoms with Crippen molar-refractivity contribution < 1.29 is 18.0 Å². The average Bonchev–Trinajstić information content (AvgIpc) is 2.50. The highest BCUT2D eigenvalue weighted by atomic mass is 19.2. The van der Waals surface area contributed by atoms with E-state index in [-0.39, 0.29) is 5.56 Å². The zero-order chi connectivity index (χ0) is 15.6. The molecular weight excluding hydrogens is 281 g/mol. The highest BCUT2D eigenvalue weighted by Gasteiger charge is 2.18. The van der Waals surface area contributed by atoms with Gasteiger partial charge in [-0.3, -0.25) is 4.79 Å². The van der Waals surface area contributed by atoms with Crippen molar-refractivity contribution in [3.05, 3.63) is 65.0 Å². The average molecular weight is 294 g/mol. The van der Waals surface area contributed by atoms with E-state index < -0.39 is 23.4 Å². The number of rotatable bonds is 3. The van der Waals surface area contributed by atoms with Crippen molar-refractivity contribution in [1.29, 1.82) is 0 Å². The maximum absolute atomic E-state index is 13.2. The molecule has 0 fully saturated rings. The van der Waals surface area contributed by atoms with Gasteiger partial charge in [0, 0.05) is 24.8 Å². The Hall–Kier alpha value is -2.34. The van der Waals surface area contributed by atoms with Crippen LogP contribution in [-0.4, -0.2) is 13.0 Å². The van der Waals surface area contributed by atoms with Gasteiger partial charge in [-0.1, -0.05) is 12.1 Å². The Morgan fingerprint density at radius 1 is 1.14 bits per heavy atom. The molecule has 21 heavy (non-hydrogen) atoms. The molecule has 1 amide bonds. The van der Waals surface area contributed by atoms with Crippen LogP contribution in [0.1, 0.15) is 15.9 Å². The summed E-state index contributed by atoms with van der Waals surface area (Å²) in [6, 6.07) is 8.20. The van der Waals surface area contributed by atoms with E-state index in [1.165, 1.54) is 11.9 Å². The first kappa shape index (κ1) is 15.1. The Labute approximate surface area is 119 Å². The lowest BCUT2D eigenvalue weighted by Crippen LogP contribution is -2.26. The van der Waals surface area contributed by atoms with E-state index in [1.807, 2.05) is 0 Å². The number of carbonyl (C=O) groups is 1. The lowest BCUT2D eigenvalue weighted by atomic mass is 10.1. The Balaban J connectivity index is 2.34. The van der Waals surface area contributed by atoms with Crippen molar-refractivity contribution in [2.24, 2.45) is 5.73 Å². The van der Waals surface area contributed by atoms with E-state index in [0.29, 0.717) is 24.4 Å². The molecule has 2 rings (SSSR count). The monoisotopic (exact) mass is 294 g/mol. The highest BCUT2D eigenvalue weighted by Crippen LogP contribution is 2.19. The molecule has 0 aliphatic rings. The zero-order valence-electron chi connectivity index (χ0n) is 11.2. The zero-order valence-corrected chi connectivity index (χ0v) is 11.2. The lowest BCUT2D eigenvalue weighted by Gasteiger charge is -2.18. The van der Waals surface area contributed by atoms with Crippen LogP contribution < -0.4 is 10.6 Å². The molecule has 0 saturated heterocycles. The first-order valence-corrected chi connectivity index (χ1v) is 6.15. The normalized spacial score (nSPS) is 10.5. The summed E-state index contributed by atoms with van der Waals surface area (Å²) < 4.78 is 39.3. The van der Waals surface area contributed by atoms with Crippen LogP contribution in [-0.2, 0) is 6.54 Å². The van der Waals surface area contributed by atoms with Crippen molar-refractivity contribution >= 4 is 11.6 Å². The van der Waals surface area contributed by atoms with Gasteiger partial charge < -0.3 is 10.6 Å². The molecule has 0 aliphatic carbocycles. The fourth-order valence-electron chi connectivity index (χ4n) is 1.88. The summed E-state index contributed by atoms with van der Waals surface area (Å²) in [5, 5.41) is 0. The Morgan fingerprint density at radius 3 is 2.33 bits per heavy atom. The van der Waals surface area contributed by atoms with Gasteiger partial charge in [0.1, 0.15) is 0 Å². The van der Waals surface area contributed by atoms with E-state index in [9.17, 15) is 18.0 Å². The molecule has 0 aromatic heterocycles. The van der Waals surface area contributed by atoms with Crippen molar-refractivity contribution in [1.82, 2.24) is 0 Å². The van der Waals surface area contributed by atoms with Gasteiger partial charge in [0.15, 0.2) is 17.5 Å². The van der Waals surface area contributed by atoms with Crippen LogP contribution in [0.25, 0.3) is 0 Å². The quantitative estimate of drug-likeness (QED) is 0.885. The van der Waals surface area contributed by atoms with Crippen LogP contribution in [0.2, 0.25) is 0 Å². The van der Waals surface area contributed by atoms with Crippen LogP contribution in [0.4, 0.5) is 18.9 Å². The second kappa shape index (κ2) is 5.97. The highest BCUT2D eigenvalue weighted by molar-refractivity contribution is 6.05. The third kappa shape index (κ3) is 3.05. The van der Waals surface area contributed by atoms with E-state index in [2.05, 4.69) is 0 Å². The summed E-state index contributed by atoms with van der Waals surface area (Å²) in [7, 11) is 1.46. The Bertz CT molecular complexity index is 665. The minimum Gasteiger partial charge on any atom is -0.326 e. The summed E-state index contributed by atoms with van der Waals surface area (Å²) in [6.45, 7) is 0.301. The fraction of sp³-hybridized carbons (Fsp3) is 0.133. The van der Waals surface area contributed by atoms with Crippen LogP contribution in [0.3, 0.4) is 0 Å². The van der Waals surface area contributed by atoms with Crippen LogP contribution in [0, 0.1) is 17.5 Å². The number of hydrogen-bond acceptors (Lipinski definition) is 2. The number of nitrogens with two attached hydrogens (primary N) is 1. The molecule has 0 unspecified atom stereocenters. The standard InChI is InChI=1S/C15H13F3N2O/c1-20(11-4-2-3-9(5-11)8-19)15(21)10-6-12(16)14(18)13(17)7-10/h2-7H,8,19H2,1H3. The van der Waals surface area contributed by atoms with Gasteiger partial charge in [-0.25, -0.2) is 13.2 Å². The number of amides is 1. The summed E-state index contributed by atoms with van der Waals surface area (Å²) in [5.74, 6) is -5.05. The molecular formula is C15H13F3N2O. The minimum atomic E-state index is -1.60. The van der Waals surface area contributed by atoms with E-state index in [4.69, 9.17) is 5.73 Å². The smallest absolute Gasteiger partial charge is 0.258 e. The Morgan fingerprint density at radius 2 is 1.76 bits per heavy atom. The second-order valence-electron chi connectivity index (χ2n) is 4.49. The van der Waals surface area contributed by atoms with E-state index in [0.717, 1.165) is 5.56 Å². The molecule has 0 saturated carbocycles. The molecule has 0 spiro atoms. The number of nitrogens with zero attached hydrogens (tertiary/aromatic N) is 1. The van der Waals surface area contributed by atoms with Crippen LogP contribution in [0.5, 0.6) is 0 Å². The lowest BCUT2D eigenvalue weighted by molar-refractivity contribution is 0.0992. The van der Waals surface area contributed by atoms with Crippen molar-refractivity contribution in [2.45, 2.75) is 6.54 Å². The Kier molecular flexibility index (Phi) is 4.28. The van der Waals surface area contributed by atoms with Gasteiger partial charge in [0.25, 0.3) is 5.91 Å². The largest absolute Gasteiger partial charge is 0.326 e. The predicted octanol–water partition coefficient (Wildman–Crippen LogP) is 2.84. The maximum atomic E-state index is 13.2. The van der Waals surface area contributed by atoms with Gasteiger partial charge >= 0.3 is 0 Å². The molecule has 2 N–H and O–H groups in total. The SMILES string of the molecule is CN(C(=O)c1cc(F)c(F)c(F)c1)c1cccc(CN)c1.